The highest BCUT2D eigenvalue weighted by Gasteiger charge is 2.15. The van der Waals surface area contributed by atoms with Gasteiger partial charge in [-0.1, -0.05) is 0 Å². The minimum absolute atomic E-state index is 0.738. The fourth-order valence-corrected chi connectivity index (χ4v) is 2.61. The van der Waals surface area contributed by atoms with E-state index in [2.05, 4.69) is 6.92 Å². The average molecular weight is 243 g/mol. The number of nitrogens with two attached hydrogens (primary N) is 1. The van der Waals surface area contributed by atoms with E-state index in [1.807, 2.05) is 12.1 Å². The summed E-state index contributed by atoms with van der Waals surface area (Å²) in [5, 5.41) is 2.33. The first-order chi connectivity index (χ1) is 8.83. The molecule has 0 aliphatic rings. The Labute approximate surface area is 106 Å². The molecule has 18 heavy (non-hydrogen) atoms. The molecule has 0 radical (unpaired) electrons. The Balaban J connectivity index is 2.20. The third-order valence-electron chi connectivity index (χ3n) is 3.56. The molecule has 0 aliphatic carbocycles. The number of fused-ring (bicyclic) bond motifs is 2. The molecule has 0 saturated carbocycles. The predicted octanol–water partition coefficient (Wildman–Crippen LogP) is 3.77. The molecule has 3 aromatic rings. The maximum absolute atomic E-state index is 5.67. The zero-order chi connectivity index (χ0) is 12.5. The van der Waals surface area contributed by atoms with Crippen molar-refractivity contribution in [1.29, 1.82) is 0 Å². The second-order valence-electron chi connectivity index (χ2n) is 4.68. The van der Waals surface area contributed by atoms with Gasteiger partial charge in [0.05, 0.1) is 12.5 Å². The number of hydrogen-bond donors (Lipinski definition) is 1. The Morgan fingerprint density at radius 2 is 1.72 bits per heavy atom. The summed E-state index contributed by atoms with van der Waals surface area (Å²) in [4.78, 5) is 0. The van der Waals surface area contributed by atoms with Crippen molar-refractivity contribution >= 4 is 21.9 Å². The van der Waals surface area contributed by atoms with Crippen molar-refractivity contribution in [3.8, 4) is 0 Å². The molecule has 0 aliphatic heterocycles. The van der Waals surface area contributed by atoms with Crippen molar-refractivity contribution in [2.45, 2.75) is 26.2 Å². The molecule has 94 valence electrons. The third-order valence-corrected chi connectivity index (χ3v) is 3.56. The van der Waals surface area contributed by atoms with E-state index in [-0.39, 0.29) is 0 Å². The lowest BCUT2D eigenvalue weighted by Gasteiger charge is -2.06. The molecule has 0 bridgehead atoms. The Morgan fingerprint density at radius 1 is 1.00 bits per heavy atom. The summed E-state index contributed by atoms with van der Waals surface area (Å²) in [6, 6.07) is 4.04. The first-order valence-electron chi connectivity index (χ1n) is 6.39. The molecule has 0 spiro atoms. The first-order valence-corrected chi connectivity index (χ1v) is 6.39. The van der Waals surface area contributed by atoms with Gasteiger partial charge in [0.2, 0.25) is 0 Å². The van der Waals surface area contributed by atoms with Crippen molar-refractivity contribution in [2.24, 2.45) is 5.73 Å². The smallest absolute Gasteiger partial charge is 0.138 e. The molecule has 2 aromatic heterocycles. The second kappa shape index (κ2) is 4.50. The number of unbranched alkanes of at least 4 members (excludes halogenated alkanes) is 1. The van der Waals surface area contributed by atoms with Gasteiger partial charge in [0.1, 0.15) is 11.2 Å². The highest BCUT2D eigenvalue weighted by molar-refractivity contribution is 6.01. The van der Waals surface area contributed by atoms with E-state index in [1.54, 1.807) is 12.5 Å². The van der Waals surface area contributed by atoms with E-state index >= 15 is 0 Å². The summed E-state index contributed by atoms with van der Waals surface area (Å²) in [5.74, 6) is 0. The molecule has 2 heterocycles. The summed E-state index contributed by atoms with van der Waals surface area (Å²) >= 11 is 0. The molecule has 0 fully saturated rings. The molecule has 3 heteroatoms. The van der Waals surface area contributed by atoms with Crippen LogP contribution in [0.5, 0.6) is 0 Å². The maximum Gasteiger partial charge on any atom is 0.138 e. The van der Waals surface area contributed by atoms with Gasteiger partial charge in [0.25, 0.3) is 0 Å². The zero-order valence-corrected chi connectivity index (χ0v) is 10.5. The minimum Gasteiger partial charge on any atom is -0.464 e. The van der Waals surface area contributed by atoms with Gasteiger partial charge in [-0.3, -0.25) is 0 Å². The molecular formula is C15H17NO2. The van der Waals surface area contributed by atoms with Gasteiger partial charge in [-0.05, 0) is 44.9 Å². The van der Waals surface area contributed by atoms with Crippen molar-refractivity contribution in [3.05, 3.63) is 35.8 Å². The monoisotopic (exact) mass is 243 g/mol. The lowest BCUT2D eigenvalue weighted by molar-refractivity contribution is 0.605. The van der Waals surface area contributed by atoms with Crippen molar-refractivity contribution in [3.63, 3.8) is 0 Å². The van der Waals surface area contributed by atoms with Gasteiger partial charge in [-0.25, -0.2) is 0 Å². The molecule has 0 unspecified atom stereocenters. The topological polar surface area (TPSA) is 52.3 Å². The van der Waals surface area contributed by atoms with E-state index in [0.717, 1.165) is 47.9 Å². The van der Waals surface area contributed by atoms with Crippen LogP contribution in [0.3, 0.4) is 0 Å². The van der Waals surface area contributed by atoms with E-state index in [1.165, 1.54) is 10.9 Å². The quantitative estimate of drug-likeness (QED) is 0.710. The summed E-state index contributed by atoms with van der Waals surface area (Å²) in [5.41, 5.74) is 9.94. The molecule has 0 amide bonds. The van der Waals surface area contributed by atoms with Gasteiger partial charge in [-0.15, -0.1) is 0 Å². The highest BCUT2D eigenvalue weighted by atomic mass is 16.3. The van der Waals surface area contributed by atoms with E-state index < -0.39 is 0 Å². The second-order valence-corrected chi connectivity index (χ2v) is 4.68. The third kappa shape index (κ3) is 1.63. The van der Waals surface area contributed by atoms with Crippen molar-refractivity contribution in [1.82, 2.24) is 0 Å². The zero-order valence-electron chi connectivity index (χ0n) is 10.5. The average Bonchev–Trinajstić information content (AvgIpc) is 3.02. The minimum atomic E-state index is 0.738. The standard InChI is InChI=1S/C15H17NO2/c1-10-11-5-8-18-15(11)12(4-2-3-7-16)13-6-9-17-14(10)13/h5-6,8-9H,2-4,7,16H2,1H3. The van der Waals surface area contributed by atoms with Crippen LogP contribution in [0.2, 0.25) is 0 Å². The molecule has 3 nitrogen and oxygen atoms in total. The summed E-state index contributed by atoms with van der Waals surface area (Å²) in [6.07, 6.45) is 6.61. The number of benzene rings is 1. The van der Waals surface area contributed by atoms with Crippen LogP contribution in [0, 0.1) is 6.92 Å². The largest absolute Gasteiger partial charge is 0.464 e. The van der Waals surface area contributed by atoms with E-state index in [4.69, 9.17) is 14.6 Å². The van der Waals surface area contributed by atoms with Crippen molar-refractivity contribution < 1.29 is 8.83 Å². The Bertz CT molecular complexity index is 626. The number of rotatable bonds is 4. The molecule has 1 aromatic carbocycles. The molecule has 3 rings (SSSR count). The Hall–Kier alpha value is -1.74. The fraction of sp³-hybridized carbons (Fsp3) is 0.333. The number of hydrogen-bond acceptors (Lipinski definition) is 3. The number of aryl methyl sites for hydroxylation is 2. The van der Waals surface area contributed by atoms with Crippen LogP contribution >= 0.6 is 0 Å². The lowest BCUT2D eigenvalue weighted by Crippen LogP contribution is -1.99. The van der Waals surface area contributed by atoms with Crippen LogP contribution in [-0.2, 0) is 6.42 Å². The summed E-state index contributed by atoms with van der Waals surface area (Å²) < 4.78 is 11.3. The molecule has 0 atom stereocenters. The van der Waals surface area contributed by atoms with Gasteiger partial charge in [-0.2, -0.15) is 0 Å². The predicted molar refractivity (Wildman–Crippen MR) is 72.7 cm³/mol. The van der Waals surface area contributed by atoms with Crippen LogP contribution in [-0.4, -0.2) is 6.54 Å². The molecule has 0 saturated heterocycles. The molecular weight excluding hydrogens is 226 g/mol. The van der Waals surface area contributed by atoms with Crippen LogP contribution < -0.4 is 5.73 Å². The number of furan rings is 2. The van der Waals surface area contributed by atoms with Crippen LogP contribution in [0.25, 0.3) is 21.9 Å². The lowest BCUT2D eigenvalue weighted by atomic mass is 9.98. The van der Waals surface area contributed by atoms with Crippen molar-refractivity contribution in [2.75, 3.05) is 6.54 Å². The fourth-order valence-electron chi connectivity index (χ4n) is 2.61. The maximum atomic E-state index is 5.67. The normalized spacial score (nSPS) is 11.7. The molecule has 2 N–H and O–H groups in total. The van der Waals surface area contributed by atoms with Crippen LogP contribution in [0.1, 0.15) is 24.0 Å². The SMILES string of the molecule is Cc1c2ccoc2c(CCCCN)c2ccoc12. The summed E-state index contributed by atoms with van der Waals surface area (Å²) in [6.45, 7) is 2.81. The Kier molecular flexibility index (Phi) is 2.84. The van der Waals surface area contributed by atoms with Gasteiger partial charge < -0.3 is 14.6 Å². The van der Waals surface area contributed by atoms with Gasteiger partial charge >= 0.3 is 0 Å². The van der Waals surface area contributed by atoms with Crippen LogP contribution in [0.15, 0.2) is 33.5 Å². The van der Waals surface area contributed by atoms with Gasteiger partial charge in [0.15, 0.2) is 0 Å². The van der Waals surface area contributed by atoms with E-state index in [0.29, 0.717) is 0 Å². The Morgan fingerprint density at radius 3 is 2.50 bits per heavy atom. The van der Waals surface area contributed by atoms with Gasteiger partial charge in [0, 0.05) is 21.9 Å². The summed E-state index contributed by atoms with van der Waals surface area (Å²) in [7, 11) is 0. The van der Waals surface area contributed by atoms with Crippen LogP contribution in [0.4, 0.5) is 0 Å². The van der Waals surface area contributed by atoms with E-state index in [9.17, 15) is 0 Å². The highest BCUT2D eigenvalue weighted by Crippen LogP contribution is 2.34. The first kappa shape index (κ1) is 11.4.